The van der Waals surface area contributed by atoms with Gasteiger partial charge in [0.05, 0.1) is 7.11 Å². The predicted octanol–water partition coefficient (Wildman–Crippen LogP) is 0.877. The molecule has 1 aromatic rings. The molecule has 0 saturated heterocycles. The largest absolute Gasteiger partial charge is 0.464 e. The van der Waals surface area contributed by atoms with Crippen molar-refractivity contribution >= 4 is 5.97 Å². The van der Waals surface area contributed by atoms with Crippen LogP contribution in [0.3, 0.4) is 0 Å². The van der Waals surface area contributed by atoms with Crippen molar-refractivity contribution < 1.29 is 9.53 Å². The van der Waals surface area contributed by atoms with E-state index in [9.17, 15) is 4.79 Å². The van der Waals surface area contributed by atoms with Crippen molar-refractivity contribution in [3.63, 3.8) is 0 Å². The van der Waals surface area contributed by atoms with Crippen molar-refractivity contribution in [2.24, 2.45) is 5.73 Å². The molecule has 0 atom stereocenters. The van der Waals surface area contributed by atoms with E-state index >= 15 is 0 Å². The monoisotopic (exact) mass is 218 g/mol. The van der Waals surface area contributed by atoms with Gasteiger partial charge in [0.1, 0.15) is 0 Å². The molecule has 16 heavy (non-hydrogen) atoms. The fourth-order valence-electron chi connectivity index (χ4n) is 1.19. The van der Waals surface area contributed by atoms with Crippen LogP contribution in [0.5, 0.6) is 0 Å². The Bertz CT molecular complexity index is 444. The minimum Gasteiger partial charge on any atom is -0.464 e. The van der Waals surface area contributed by atoms with Crippen molar-refractivity contribution in [1.82, 2.24) is 4.98 Å². The summed E-state index contributed by atoms with van der Waals surface area (Å²) in [5.41, 5.74) is 7.18. The molecule has 0 amide bonds. The van der Waals surface area contributed by atoms with Gasteiger partial charge in [-0.25, -0.2) is 9.78 Å². The van der Waals surface area contributed by atoms with Crippen LogP contribution < -0.4 is 5.73 Å². The number of carbonyl (C=O) groups excluding carboxylic acids is 1. The molecule has 4 heteroatoms. The number of hydrogen-bond donors (Lipinski definition) is 1. The van der Waals surface area contributed by atoms with E-state index in [1.165, 1.54) is 7.11 Å². The molecule has 0 aliphatic rings. The molecule has 1 rings (SSSR count). The van der Waals surface area contributed by atoms with Crippen LogP contribution in [0.1, 0.15) is 28.0 Å². The van der Waals surface area contributed by atoms with E-state index in [0.29, 0.717) is 18.7 Å². The zero-order valence-corrected chi connectivity index (χ0v) is 9.41. The molecule has 1 aromatic heterocycles. The van der Waals surface area contributed by atoms with Crippen LogP contribution in [0.25, 0.3) is 0 Å². The summed E-state index contributed by atoms with van der Waals surface area (Å²) in [7, 11) is 1.33. The van der Waals surface area contributed by atoms with Gasteiger partial charge in [-0.1, -0.05) is 11.8 Å². The van der Waals surface area contributed by atoms with E-state index in [2.05, 4.69) is 21.6 Å². The van der Waals surface area contributed by atoms with Crippen LogP contribution >= 0.6 is 0 Å². The normalized spacial score (nSPS) is 9.19. The summed E-state index contributed by atoms with van der Waals surface area (Å²) in [6, 6.07) is 1.81. The molecule has 0 bridgehead atoms. The topological polar surface area (TPSA) is 65.2 Å². The number of hydrogen-bond acceptors (Lipinski definition) is 4. The van der Waals surface area contributed by atoms with Crippen LogP contribution in [0.4, 0.5) is 0 Å². The van der Waals surface area contributed by atoms with Gasteiger partial charge >= 0.3 is 5.97 Å². The Labute approximate surface area is 94.8 Å². The molecule has 0 spiro atoms. The van der Waals surface area contributed by atoms with Gasteiger partial charge in [0, 0.05) is 24.7 Å². The van der Waals surface area contributed by atoms with Gasteiger partial charge in [0.15, 0.2) is 5.69 Å². The van der Waals surface area contributed by atoms with Gasteiger partial charge < -0.3 is 10.5 Å². The molecule has 1 heterocycles. The second kappa shape index (κ2) is 5.89. The fourth-order valence-corrected chi connectivity index (χ4v) is 1.19. The van der Waals surface area contributed by atoms with E-state index < -0.39 is 5.97 Å². The molecule has 0 aliphatic heterocycles. The van der Waals surface area contributed by atoms with Crippen LogP contribution in [0.2, 0.25) is 0 Å². The molecule has 0 saturated carbocycles. The Hall–Kier alpha value is -1.86. The number of rotatable bonds is 2. The molecular weight excluding hydrogens is 204 g/mol. The van der Waals surface area contributed by atoms with Crippen LogP contribution in [0, 0.1) is 18.8 Å². The second-order valence-corrected chi connectivity index (χ2v) is 3.22. The van der Waals surface area contributed by atoms with Gasteiger partial charge in [-0.15, -0.1) is 0 Å². The smallest absolute Gasteiger partial charge is 0.356 e. The van der Waals surface area contributed by atoms with Crippen molar-refractivity contribution in [2.75, 3.05) is 13.7 Å². The highest BCUT2D eigenvalue weighted by Crippen LogP contribution is 2.08. The zero-order valence-electron chi connectivity index (χ0n) is 9.41. The highest BCUT2D eigenvalue weighted by atomic mass is 16.5. The molecule has 0 radical (unpaired) electrons. The zero-order chi connectivity index (χ0) is 12.0. The van der Waals surface area contributed by atoms with Crippen LogP contribution in [0.15, 0.2) is 12.3 Å². The Morgan fingerprint density at radius 3 is 2.94 bits per heavy atom. The van der Waals surface area contributed by atoms with Crippen molar-refractivity contribution in [2.45, 2.75) is 13.3 Å². The Balaban J connectivity index is 2.92. The van der Waals surface area contributed by atoms with E-state index in [1.54, 1.807) is 13.1 Å². The Morgan fingerprint density at radius 1 is 1.62 bits per heavy atom. The van der Waals surface area contributed by atoms with E-state index in [4.69, 9.17) is 5.73 Å². The molecule has 0 aromatic carbocycles. The molecule has 0 aliphatic carbocycles. The first-order chi connectivity index (χ1) is 7.69. The maximum absolute atomic E-state index is 11.3. The second-order valence-electron chi connectivity index (χ2n) is 3.22. The quantitative estimate of drug-likeness (QED) is 0.591. The minimum atomic E-state index is -0.432. The van der Waals surface area contributed by atoms with Gasteiger partial charge in [0.25, 0.3) is 0 Å². The summed E-state index contributed by atoms with van der Waals surface area (Å²) in [6.07, 6.45) is 2.21. The van der Waals surface area contributed by atoms with Crippen LogP contribution in [-0.2, 0) is 4.74 Å². The molecular formula is C12H14N2O2. The average molecular weight is 218 g/mol. The highest BCUT2D eigenvalue weighted by Gasteiger charge is 2.10. The lowest BCUT2D eigenvalue weighted by Crippen LogP contribution is -2.06. The first-order valence-electron chi connectivity index (χ1n) is 4.93. The number of methoxy groups -OCH3 is 1. The standard InChI is InChI=1S/C12H14N2O2/c1-9-7-10(5-3-4-6-13)8-14-11(9)12(15)16-2/h7-8H,4,6,13H2,1-2H3. The first-order valence-corrected chi connectivity index (χ1v) is 4.93. The maximum Gasteiger partial charge on any atom is 0.356 e. The van der Waals surface area contributed by atoms with E-state index in [0.717, 1.165) is 11.1 Å². The number of esters is 1. The fraction of sp³-hybridized carbons (Fsp3) is 0.333. The molecule has 2 N–H and O–H groups in total. The number of ether oxygens (including phenoxy) is 1. The van der Waals surface area contributed by atoms with Gasteiger partial charge in [-0.3, -0.25) is 0 Å². The van der Waals surface area contributed by atoms with E-state index in [1.807, 2.05) is 6.07 Å². The lowest BCUT2D eigenvalue weighted by Gasteiger charge is -2.02. The summed E-state index contributed by atoms with van der Waals surface area (Å²) in [6.45, 7) is 2.34. The van der Waals surface area contributed by atoms with Crippen molar-refractivity contribution in [3.05, 3.63) is 29.1 Å². The number of aromatic nitrogens is 1. The van der Waals surface area contributed by atoms with Crippen molar-refractivity contribution in [1.29, 1.82) is 0 Å². The highest BCUT2D eigenvalue weighted by molar-refractivity contribution is 5.88. The SMILES string of the molecule is COC(=O)c1ncc(C#CCCN)cc1C. The Morgan fingerprint density at radius 2 is 2.38 bits per heavy atom. The molecule has 0 unspecified atom stereocenters. The summed E-state index contributed by atoms with van der Waals surface area (Å²) in [5, 5.41) is 0. The van der Waals surface area contributed by atoms with Crippen molar-refractivity contribution in [3.8, 4) is 11.8 Å². The number of pyridine rings is 1. The third kappa shape index (κ3) is 3.07. The summed E-state index contributed by atoms with van der Waals surface area (Å²) in [4.78, 5) is 15.3. The molecule has 0 fully saturated rings. The number of nitrogens with two attached hydrogens (primary N) is 1. The lowest BCUT2D eigenvalue weighted by atomic mass is 10.1. The first kappa shape index (κ1) is 12.2. The number of carbonyl (C=O) groups is 1. The third-order valence-electron chi connectivity index (χ3n) is 1.96. The summed E-state index contributed by atoms with van der Waals surface area (Å²) < 4.78 is 4.60. The summed E-state index contributed by atoms with van der Waals surface area (Å²) in [5.74, 6) is 5.40. The lowest BCUT2D eigenvalue weighted by molar-refractivity contribution is 0.0593. The third-order valence-corrected chi connectivity index (χ3v) is 1.96. The number of aryl methyl sites for hydroxylation is 1. The van der Waals surface area contributed by atoms with E-state index in [-0.39, 0.29) is 0 Å². The Kier molecular flexibility index (Phi) is 4.49. The van der Waals surface area contributed by atoms with Gasteiger partial charge in [-0.2, -0.15) is 0 Å². The summed E-state index contributed by atoms with van der Waals surface area (Å²) >= 11 is 0. The molecule has 84 valence electrons. The maximum atomic E-state index is 11.3. The predicted molar refractivity (Wildman–Crippen MR) is 60.9 cm³/mol. The van der Waals surface area contributed by atoms with Gasteiger partial charge in [-0.05, 0) is 18.6 Å². The van der Waals surface area contributed by atoms with Gasteiger partial charge in [0.2, 0.25) is 0 Å². The number of nitrogens with zero attached hydrogens (tertiary/aromatic N) is 1. The average Bonchev–Trinajstić information content (AvgIpc) is 2.29. The van der Waals surface area contributed by atoms with Crippen LogP contribution in [-0.4, -0.2) is 24.6 Å². The minimum absolute atomic E-state index is 0.326. The molecule has 4 nitrogen and oxygen atoms in total.